The Kier molecular flexibility index (Phi) is 3.77. The first kappa shape index (κ1) is 12.8. The maximum absolute atomic E-state index is 13.7. The second-order valence-electron chi connectivity index (χ2n) is 3.85. The number of carbonyl (C=O) groups excluding carboxylic acids is 1. The minimum atomic E-state index is -0.532. The summed E-state index contributed by atoms with van der Waals surface area (Å²) in [4.78, 5) is 12.0. The summed E-state index contributed by atoms with van der Waals surface area (Å²) in [6, 6.07) is 6.28. The Hall–Kier alpha value is -1.68. The Labute approximate surface area is 109 Å². The molecule has 94 valence electrons. The first-order valence-electron chi connectivity index (χ1n) is 5.61. The molecule has 0 aliphatic carbocycles. The van der Waals surface area contributed by atoms with Gasteiger partial charge >= 0.3 is 0 Å². The molecule has 0 amide bonds. The largest absolute Gasteiger partial charge is 0.292 e. The van der Waals surface area contributed by atoms with Crippen molar-refractivity contribution in [1.29, 1.82) is 0 Å². The summed E-state index contributed by atoms with van der Waals surface area (Å²) in [7, 11) is 0. The van der Waals surface area contributed by atoms with Crippen molar-refractivity contribution in [2.24, 2.45) is 0 Å². The summed E-state index contributed by atoms with van der Waals surface area (Å²) < 4.78 is 15.3. The number of nitrogens with zero attached hydrogens (tertiary/aromatic N) is 2. The summed E-state index contributed by atoms with van der Waals surface area (Å²) in [6.07, 6.45) is 1.54. The maximum atomic E-state index is 13.7. The zero-order valence-corrected chi connectivity index (χ0v) is 10.6. The van der Waals surface area contributed by atoms with Gasteiger partial charge in [-0.15, -0.1) is 0 Å². The molecule has 5 heteroatoms. The van der Waals surface area contributed by atoms with Gasteiger partial charge in [-0.3, -0.25) is 9.48 Å². The van der Waals surface area contributed by atoms with Crippen LogP contribution in [0.25, 0.3) is 0 Å². The van der Waals surface area contributed by atoms with Crippen LogP contribution in [0.5, 0.6) is 0 Å². The van der Waals surface area contributed by atoms with Crippen LogP contribution >= 0.6 is 11.6 Å². The molecule has 0 N–H and O–H groups in total. The van der Waals surface area contributed by atoms with E-state index in [1.54, 1.807) is 29.1 Å². The molecule has 2 aromatic rings. The maximum Gasteiger partial charge on any atom is 0.185 e. The van der Waals surface area contributed by atoms with Crippen molar-refractivity contribution in [2.45, 2.75) is 19.9 Å². The average Bonchev–Trinajstić information content (AvgIpc) is 2.83. The zero-order valence-electron chi connectivity index (χ0n) is 9.86. The summed E-state index contributed by atoms with van der Waals surface area (Å²) in [5.41, 5.74) is 0.785. The van der Waals surface area contributed by atoms with Crippen LogP contribution in [0.3, 0.4) is 0 Å². The standard InChI is InChI=1S/C13H12ClFN2O/c1-2-17-11(6-7-16-17)12(18)8-9-4-3-5-10(14)13(9)15/h3-7H,2,8H2,1H3. The second kappa shape index (κ2) is 5.31. The molecule has 0 unspecified atom stereocenters. The van der Waals surface area contributed by atoms with Crippen molar-refractivity contribution < 1.29 is 9.18 Å². The first-order chi connectivity index (χ1) is 8.63. The van der Waals surface area contributed by atoms with Crippen molar-refractivity contribution in [3.05, 3.63) is 52.6 Å². The monoisotopic (exact) mass is 266 g/mol. The molecule has 1 heterocycles. The number of benzene rings is 1. The zero-order chi connectivity index (χ0) is 13.1. The van der Waals surface area contributed by atoms with Gasteiger partial charge in [0.05, 0.1) is 5.02 Å². The molecule has 1 aromatic heterocycles. The first-order valence-corrected chi connectivity index (χ1v) is 5.99. The number of rotatable bonds is 4. The van der Waals surface area contributed by atoms with E-state index < -0.39 is 5.82 Å². The number of hydrogen-bond donors (Lipinski definition) is 0. The van der Waals surface area contributed by atoms with Crippen molar-refractivity contribution in [3.63, 3.8) is 0 Å². The number of carbonyl (C=O) groups is 1. The molecular weight excluding hydrogens is 255 g/mol. The van der Waals surface area contributed by atoms with Gasteiger partial charge in [-0.25, -0.2) is 4.39 Å². The molecule has 0 bridgehead atoms. The summed E-state index contributed by atoms with van der Waals surface area (Å²) >= 11 is 5.68. The number of aryl methyl sites for hydroxylation is 1. The highest BCUT2D eigenvalue weighted by Gasteiger charge is 2.15. The van der Waals surface area contributed by atoms with Crippen LogP contribution in [0.4, 0.5) is 4.39 Å². The van der Waals surface area contributed by atoms with Crippen LogP contribution in [0.15, 0.2) is 30.5 Å². The van der Waals surface area contributed by atoms with Gasteiger partial charge in [-0.2, -0.15) is 5.10 Å². The van der Waals surface area contributed by atoms with Crippen LogP contribution < -0.4 is 0 Å². The summed E-state index contributed by atoms with van der Waals surface area (Å²) in [6.45, 7) is 2.50. The van der Waals surface area contributed by atoms with Crippen LogP contribution in [-0.4, -0.2) is 15.6 Å². The topological polar surface area (TPSA) is 34.9 Å². The Morgan fingerprint density at radius 3 is 2.94 bits per heavy atom. The van der Waals surface area contributed by atoms with Crippen LogP contribution in [0.1, 0.15) is 23.0 Å². The second-order valence-corrected chi connectivity index (χ2v) is 4.25. The molecule has 1 aromatic carbocycles. The third-order valence-electron chi connectivity index (χ3n) is 2.68. The number of Topliss-reactive ketones (excluding diaryl/α,β-unsaturated/α-hetero) is 1. The highest BCUT2D eigenvalue weighted by atomic mass is 35.5. The molecule has 0 radical (unpaired) electrons. The Morgan fingerprint density at radius 2 is 2.22 bits per heavy atom. The molecule has 2 rings (SSSR count). The fourth-order valence-electron chi connectivity index (χ4n) is 1.77. The molecule has 0 atom stereocenters. The normalized spacial score (nSPS) is 10.6. The number of ketones is 1. The minimum Gasteiger partial charge on any atom is -0.292 e. The quantitative estimate of drug-likeness (QED) is 0.797. The van der Waals surface area contributed by atoms with Crippen molar-refractivity contribution in [2.75, 3.05) is 0 Å². The SMILES string of the molecule is CCn1nccc1C(=O)Cc1cccc(Cl)c1F. The van der Waals surface area contributed by atoms with Gasteiger partial charge < -0.3 is 0 Å². The van der Waals surface area contributed by atoms with Crippen LogP contribution in [0.2, 0.25) is 5.02 Å². The molecule has 3 nitrogen and oxygen atoms in total. The van der Waals surface area contributed by atoms with Gasteiger partial charge in [-0.05, 0) is 24.6 Å². The lowest BCUT2D eigenvalue weighted by Crippen LogP contribution is -2.12. The van der Waals surface area contributed by atoms with E-state index in [9.17, 15) is 9.18 Å². The molecule has 0 aliphatic heterocycles. The predicted molar refractivity (Wildman–Crippen MR) is 67.3 cm³/mol. The van der Waals surface area contributed by atoms with E-state index >= 15 is 0 Å². The third kappa shape index (κ3) is 2.43. The van der Waals surface area contributed by atoms with Crippen LogP contribution in [0, 0.1) is 5.82 Å². The summed E-state index contributed by atoms with van der Waals surface area (Å²) in [5.74, 6) is -0.703. The minimum absolute atomic E-state index is 0.0158. The molecule has 18 heavy (non-hydrogen) atoms. The molecule has 0 aliphatic rings. The van der Waals surface area contributed by atoms with E-state index in [4.69, 9.17) is 11.6 Å². The highest BCUT2D eigenvalue weighted by Crippen LogP contribution is 2.19. The lowest BCUT2D eigenvalue weighted by Gasteiger charge is -2.05. The molecular formula is C13H12ClFN2O. The molecule has 0 fully saturated rings. The van der Waals surface area contributed by atoms with Crippen molar-refractivity contribution in [3.8, 4) is 0 Å². The lowest BCUT2D eigenvalue weighted by atomic mass is 10.1. The number of halogens is 2. The van der Waals surface area contributed by atoms with Gasteiger partial charge in [0.25, 0.3) is 0 Å². The predicted octanol–water partition coefficient (Wildman–Crippen LogP) is 3.12. The van der Waals surface area contributed by atoms with E-state index in [-0.39, 0.29) is 17.2 Å². The van der Waals surface area contributed by atoms with E-state index in [0.717, 1.165) is 0 Å². The van der Waals surface area contributed by atoms with Gasteiger partial charge in [-0.1, -0.05) is 23.7 Å². The van der Waals surface area contributed by atoms with Crippen molar-refractivity contribution >= 4 is 17.4 Å². The molecule has 0 saturated heterocycles. The number of aromatic nitrogens is 2. The van der Waals surface area contributed by atoms with Gasteiger partial charge in [0.1, 0.15) is 11.5 Å². The van der Waals surface area contributed by atoms with Gasteiger partial charge in [0.2, 0.25) is 0 Å². The smallest absolute Gasteiger partial charge is 0.185 e. The van der Waals surface area contributed by atoms with Gasteiger partial charge in [0, 0.05) is 19.2 Å². The fraction of sp³-hybridized carbons (Fsp3) is 0.231. The van der Waals surface area contributed by atoms with Crippen LogP contribution in [-0.2, 0) is 13.0 Å². The fourth-order valence-corrected chi connectivity index (χ4v) is 1.96. The van der Waals surface area contributed by atoms with E-state index in [1.807, 2.05) is 6.92 Å². The molecule has 0 saturated carbocycles. The van der Waals surface area contributed by atoms with Gasteiger partial charge in [0.15, 0.2) is 5.78 Å². The molecule has 0 spiro atoms. The lowest BCUT2D eigenvalue weighted by molar-refractivity contribution is 0.0981. The van der Waals surface area contributed by atoms with E-state index in [1.165, 1.54) is 6.07 Å². The average molecular weight is 267 g/mol. The summed E-state index contributed by atoms with van der Waals surface area (Å²) in [5, 5.41) is 4.05. The Bertz CT molecular complexity index is 580. The third-order valence-corrected chi connectivity index (χ3v) is 2.98. The number of hydrogen-bond acceptors (Lipinski definition) is 2. The van der Waals surface area contributed by atoms with E-state index in [0.29, 0.717) is 17.8 Å². The Balaban J connectivity index is 2.24. The highest BCUT2D eigenvalue weighted by molar-refractivity contribution is 6.30. The Morgan fingerprint density at radius 1 is 1.44 bits per heavy atom. The van der Waals surface area contributed by atoms with E-state index in [2.05, 4.69) is 5.10 Å². The van der Waals surface area contributed by atoms with Crippen molar-refractivity contribution in [1.82, 2.24) is 9.78 Å².